The first-order chi connectivity index (χ1) is 16.8. The molecule has 3 heterocycles. The van der Waals surface area contributed by atoms with E-state index in [1.165, 1.54) is 23.0 Å². The van der Waals surface area contributed by atoms with E-state index in [4.69, 9.17) is 0 Å². The summed E-state index contributed by atoms with van der Waals surface area (Å²) in [5, 5.41) is 10.7. The van der Waals surface area contributed by atoms with E-state index in [2.05, 4.69) is 66.1 Å². The number of rotatable bonds is 7. The van der Waals surface area contributed by atoms with Gasteiger partial charge in [-0.05, 0) is 51.8 Å². The lowest BCUT2D eigenvalue weighted by Gasteiger charge is -2.37. The van der Waals surface area contributed by atoms with Crippen LogP contribution in [0.15, 0.2) is 47.5 Å². The molecule has 2 aliphatic rings. The fourth-order valence-corrected chi connectivity index (χ4v) is 4.75. The molecule has 35 heavy (non-hydrogen) atoms. The molecule has 192 valence electrons. The molecule has 0 bridgehead atoms. The number of aliphatic hydroxyl groups is 1. The average molecular weight is 484 g/mol. The van der Waals surface area contributed by atoms with Gasteiger partial charge in [-0.3, -0.25) is 14.2 Å². The van der Waals surface area contributed by atoms with E-state index >= 15 is 0 Å². The van der Waals surface area contributed by atoms with Gasteiger partial charge in [-0.15, -0.1) is 0 Å². The molecule has 1 atom stereocenters. The van der Waals surface area contributed by atoms with Crippen LogP contribution in [0.2, 0.25) is 0 Å². The van der Waals surface area contributed by atoms with Gasteiger partial charge < -0.3 is 19.8 Å². The first-order valence-electron chi connectivity index (χ1n) is 12.8. The minimum atomic E-state index is -0.965. The molecule has 1 aromatic heterocycles. The maximum Gasteiger partial charge on any atom is 0.255 e. The van der Waals surface area contributed by atoms with E-state index in [1.54, 1.807) is 17.3 Å². The van der Waals surface area contributed by atoms with Gasteiger partial charge in [0.15, 0.2) is 0 Å². The molecule has 1 amide bonds. The second-order valence-corrected chi connectivity index (χ2v) is 10.0. The van der Waals surface area contributed by atoms with Crippen molar-refractivity contribution in [3.8, 4) is 0 Å². The number of likely N-dealkylation sites (tertiary alicyclic amines) is 1. The molecule has 4 rings (SSSR count). The van der Waals surface area contributed by atoms with Gasteiger partial charge in [-0.1, -0.05) is 43.7 Å². The molecular formula is C27H41N5O3. The van der Waals surface area contributed by atoms with E-state index < -0.39 is 5.60 Å². The van der Waals surface area contributed by atoms with E-state index in [1.807, 2.05) is 0 Å². The van der Waals surface area contributed by atoms with E-state index in [0.717, 1.165) is 32.3 Å². The molecule has 1 N–H and O–H groups in total. The van der Waals surface area contributed by atoms with Crippen molar-refractivity contribution in [1.29, 1.82) is 0 Å². The molecule has 0 aliphatic carbocycles. The summed E-state index contributed by atoms with van der Waals surface area (Å²) in [5.41, 5.74) is 0.335. The average Bonchev–Trinajstić information content (AvgIpc) is 2.87. The van der Waals surface area contributed by atoms with Crippen molar-refractivity contribution in [2.24, 2.45) is 0 Å². The van der Waals surface area contributed by atoms with Gasteiger partial charge >= 0.3 is 0 Å². The predicted molar refractivity (Wildman–Crippen MR) is 140 cm³/mol. The maximum atomic E-state index is 12.5. The number of hydrogen-bond donors (Lipinski definition) is 1. The van der Waals surface area contributed by atoms with E-state index in [9.17, 15) is 14.7 Å². The molecule has 2 saturated heterocycles. The Morgan fingerprint density at radius 3 is 2.49 bits per heavy atom. The van der Waals surface area contributed by atoms with Crippen LogP contribution in [-0.2, 0) is 17.8 Å². The summed E-state index contributed by atoms with van der Waals surface area (Å²) >= 11 is 0. The molecule has 2 aliphatic heterocycles. The highest BCUT2D eigenvalue weighted by Gasteiger charge is 2.33. The van der Waals surface area contributed by atoms with Crippen LogP contribution in [0.25, 0.3) is 0 Å². The number of aromatic nitrogens is 2. The SMILES string of the molecule is CCCc1ccccc1.CN(C)C1CCCN(c2cc(=O)n(CC3(O)CCN(C=O)CC3)cn2)C1. The second kappa shape index (κ2) is 12.8. The standard InChI is InChI=1S/C18H29N5O3.C9H12/c1-20(2)15-4-3-7-22(11-15)16-10-17(25)23(13-19-16)12-18(26)5-8-21(14-24)9-6-18;1-2-6-9-7-4-3-5-8-9/h10,13-15,26H,3-9,11-12H2,1-2H3;3-5,7-8H,2,6H2,1H3. The highest BCUT2D eigenvalue weighted by Crippen LogP contribution is 2.23. The number of amides is 1. The summed E-state index contributed by atoms with van der Waals surface area (Å²) in [6.45, 7) is 5.22. The Hall–Kier alpha value is -2.71. The fourth-order valence-electron chi connectivity index (χ4n) is 4.75. The molecular weight excluding hydrogens is 442 g/mol. The van der Waals surface area contributed by atoms with Crippen molar-refractivity contribution in [3.05, 3.63) is 58.6 Å². The number of carbonyl (C=O) groups is 1. The third-order valence-corrected chi connectivity index (χ3v) is 7.04. The zero-order valence-corrected chi connectivity index (χ0v) is 21.5. The van der Waals surface area contributed by atoms with Gasteiger partial charge in [-0.2, -0.15) is 0 Å². The van der Waals surface area contributed by atoms with E-state index in [0.29, 0.717) is 37.8 Å². The van der Waals surface area contributed by atoms with Crippen LogP contribution in [0.1, 0.15) is 44.6 Å². The quantitative estimate of drug-likeness (QED) is 0.609. The summed E-state index contributed by atoms with van der Waals surface area (Å²) in [4.78, 5) is 33.9. The number of benzene rings is 1. The zero-order chi connectivity index (χ0) is 25.3. The normalized spacial score (nSPS) is 19.7. The summed E-state index contributed by atoms with van der Waals surface area (Å²) < 4.78 is 1.48. The molecule has 8 heteroatoms. The fraction of sp³-hybridized carbons (Fsp3) is 0.593. The summed E-state index contributed by atoms with van der Waals surface area (Å²) in [7, 11) is 4.16. The number of piperidine rings is 2. The summed E-state index contributed by atoms with van der Waals surface area (Å²) in [6.07, 6.45) is 7.98. The van der Waals surface area contributed by atoms with Gasteiger partial charge in [0, 0.05) is 38.3 Å². The first kappa shape index (κ1) is 26.9. The Bertz CT molecular complexity index is 970. The Balaban J connectivity index is 0.000000320. The van der Waals surface area contributed by atoms with Crippen molar-refractivity contribution < 1.29 is 9.90 Å². The molecule has 0 radical (unpaired) electrons. The lowest BCUT2D eigenvalue weighted by Crippen LogP contribution is -2.48. The minimum Gasteiger partial charge on any atom is -0.388 e. The monoisotopic (exact) mass is 483 g/mol. The number of carbonyl (C=O) groups excluding carboxylic acids is 1. The molecule has 2 fully saturated rings. The number of aryl methyl sites for hydroxylation is 1. The smallest absolute Gasteiger partial charge is 0.255 e. The lowest BCUT2D eigenvalue weighted by molar-refractivity contribution is -0.122. The molecule has 2 aromatic rings. The van der Waals surface area contributed by atoms with Crippen molar-refractivity contribution in [3.63, 3.8) is 0 Å². The Morgan fingerprint density at radius 1 is 1.17 bits per heavy atom. The number of likely N-dealkylation sites (N-methyl/N-ethyl adjacent to an activating group) is 1. The molecule has 1 unspecified atom stereocenters. The van der Waals surface area contributed by atoms with Crippen LogP contribution < -0.4 is 10.5 Å². The molecule has 0 spiro atoms. The van der Waals surface area contributed by atoms with Crippen molar-refractivity contribution in [1.82, 2.24) is 19.4 Å². The number of hydrogen-bond acceptors (Lipinski definition) is 6. The second-order valence-electron chi connectivity index (χ2n) is 10.0. The van der Waals surface area contributed by atoms with Crippen molar-refractivity contribution >= 4 is 12.2 Å². The van der Waals surface area contributed by atoms with Crippen molar-refractivity contribution in [2.45, 2.75) is 63.6 Å². The van der Waals surface area contributed by atoms with Gasteiger partial charge in [0.1, 0.15) is 5.82 Å². The van der Waals surface area contributed by atoms with Crippen LogP contribution in [0.4, 0.5) is 5.82 Å². The number of nitrogens with zero attached hydrogens (tertiary/aromatic N) is 5. The summed E-state index contributed by atoms with van der Waals surface area (Å²) in [5.74, 6) is 0.709. The third-order valence-electron chi connectivity index (χ3n) is 7.04. The van der Waals surface area contributed by atoms with Crippen LogP contribution in [0, 0.1) is 0 Å². The zero-order valence-electron chi connectivity index (χ0n) is 21.5. The van der Waals surface area contributed by atoms with Gasteiger partial charge in [0.25, 0.3) is 5.56 Å². The maximum absolute atomic E-state index is 12.5. The van der Waals surface area contributed by atoms with Gasteiger partial charge in [0.05, 0.1) is 18.5 Å². The van der Waals surface area contributed by atoms with Crippen molar-refractivity contribution in [2.75, 3.05) is 45.2 Å². The van der Waals surface area contributed by atoms with Gasteiger partial charge in [0.2, 0.25) is 6.41 Å². The van der Waals surface area contributed by atoms with Gasteiger partial charge in [-0.25, -0.2) is 4.98 Å². The third kappa shape index (κ3) is 7.90. The predicted octanol–water partition coefficient (Wildman–Crippen LogP) is 2.40. The lowest BCUT2D eigenvalue weighted by atomic mass is 9.91. The van der Waals surface area contributed by atoms with Crippen LogP contribution in [-0.4, -0.2) is 82.8 Å². The van der Waals surface area contributed by atoms with E-state index in [-0.39, 0.29) is 12.1 Å². The van der Waals surface area contributed by atoms with Crippen LogP contribution >= 0.6 is 0 Å². The largest absolute Gasteiger partial charge is 0.388 e. The Morgan fingerprint density at radius 2 is 1.89 bits per heavy atom. The highest BCUT2D eigenvalue weighted by atomic mass is 16.3. The summed E-state index contributed by atoms with van der Waals surface area (Å²) in [6, 6.07) is 12.6. The van der Waals surface area contributed by atoms with Crippen LogP contribution in [0.5, 0.6) is 0 Å². The Labute approximate surface area is 209 Å². The first-order valence-corrected chi connectivity index (χ1v) is 12.8. The highest BCUT2D eigenvalue weighted by molar-refractivity contribution is 5.47. The Kier molecular flexibility index (Phi) is 9.86. The topological polar surface area (TPSA) is 81.9 Å². The number of anilines is 1. The molecule has 0 saturated carbocycles. The van der Waals surface area contributed by atoms with Crippen LogP contribution in [0.3, 0.4) is 0 Å². The minimum absolute atomic E-state index is 0.145. The molecule has 1 aromatic carbocycles. The molecule has 8 nitrogen and oxygen atoms in total.